The van der Waals surface area contributed by atoms with E-state index in [2.05, 4.69) is 11.0 Å². The van der Waals surface area contributed by atoms with Gasteiger partial charge in [0, 0.05) is 13.1 Å². The molecule has 0 saturated heterocycles. The number of para-hydroxylation sites is 1. The monoisotopic (exact) mass is 256 g/mol. The van der Waals surface area contributed by atoms with Crippen LogP contribution in [-0.2, 0) is 13.0 Å². The van der Waals surface area contributed by atoms with Crippen LogP contribution in [0.25, 0.3) is 0 Å². The molecule has 3 heteroatoms. The highest BCUT2D eigenvalue weighted by molar-refractivity contribution is 5.74. The minimum atomic E-state index is -0.178. The molecular formula is C16H17FN2. The van der Waals surface area contributed by atoms with Gasteiger partial charge in [0.1, 0.15) is 5.82 Å². The van der Waals surface area contributed by atoms with Crippen molar-refractivity contribution >= 4 is 11.4 Å². The third kappa shape index (κ3) is 2.16. The Balaban J connectivity index is 1.91. The average molecular weight is 256 g/mol. The second-order valence-electron chi connectivity index (χ2n) is 5.10. The maximum absolute atomic E-state index is 13.1. The lowest BCUT2D eigenvalue weighted by Crippen LogP contribution is -2.21. The number of halogens is 1. The van der Waals surface area contributed by atoms with E-state index in [1.54, 1.807) is 6.07 Å². The van der Waals surface area contributed by atoms with Crippen LogP contribution in [0, 0.1) is 12.7 Å². The second kappa shape index (κ2) is 4.57. The van der Waals surface area contributed by atoms with Gasteiger partial charge in [-0.1, -0.05) is 18.2 Å². The molecule has 1 aliphatic rings. The molecule has 98 valence electrons. The fourth-order valence-electron chi connectivity index (χ4n) is 2.77. The molecule has 0 fully saturated rings. The number of benzene rings is 2. The number of anilines is 2. The molecule has 1 aliphatic heterocycles. The van der Waals surface area contributed by atoms with Crippen molar-refractivity contribution in [3.8, 4) is 0 Å². The molecule has 19 heavy (non-hydrogen) atoms. The van der Waals surface area contributed by atoms with Crippen molar-refractivity contribution in [2.75, 3.05) is 17.2 Å². The van der Waals surface area contributed by atoms with Gasteiger partial charge >= 0.3 is 0 Å². The van der Waals surface area contributed by atoms with Gasteiger partial charge in [0.05, 0.1) is 11.4 Å². The van der Waals surface area contributed by atoms with Crippen LogP contribution in [0.5, 0.6) is 0 Å². The Morgan fingerprint density at radius 1 is 1.26 bits per heavy atom. The molecule has 0 spiro atoms. The maximum atomic E-state index is 13.1. The summed E-state index contributed by atoms with van der Waals surface area (Å²) in [5.41, 5.74) is 11.5. The Bertz CT molecular complexity index is 622. The number of aryl methyl sites for hydroxylation is 1. The number of fused-ring (bicyclic) bond motifs is 1. The lowest BCUT2D eigenvalue weighted by molar-refractivity contribution is 0.625. The van der Waals surface area contributed by atoms with E-state index in [1.165, 1.54) is 11.6 Å². The molecule has 2 aromatic rings. The van der Waals surface area contributed by atoms with Gasteiger partial charge in [0.2, 0.25) is 0 Å². The lowest BCUT2D eigenvalue weighted by Gasteiger charge is -2.22. The molecule has 0 amide bonds. The molecule has 0 unspecified atom stereocenters. The van der Waals surface area contributed by atoms with E-state index < -0.39 is 0 Å². The highest BCUT2D eigenvalue weighted by Gasteiger charge is 2.21. The minimum absolute atomic E-state index is 0.178. The average Bonchev–Trinajstić information content (AvgIpc) is 2.77. The van der Waals surface area contributed by atoms with Crippen molar-refractivity contribution in [1.82, 2.24) is 0 Å². The van der Waals surface area contributed by atoms with Gasteiger partial charge in [0.15, 0.2) is 0 Å². The van der Waals surface area contributed by atoms with Crippen molar-refractivity contribution in [2.45, 2.75) is 19.9 Å². The summed E-state index contributed by atoms with van der Waals surface area (Å²) in [6, 6.07) is 11.0. The van der Waals surface area contributed by atoms with E-state index in [1.807, 2.05) is 25.1 Å². The molecule has 0 radical (unpaired) electrons. The fraction of sp³-hybridized carbons (Fsp3) is 0.250. The molecule has 0 atom stereocenters. The van der Waals surface area contributed by atoms with Crippen LogP contribution in [0.2, 0.25) is 0 Å². The summed E-state index contributed by atoms with van der Waals surface area (Å²) in [6.07, 6.45) is 1.03. The predicted octanol–water partition coefficient (Wildman–Crippen LogP) is 3.28. The van der Waals surface area contributed by atoms with Crippen molar-refractivity contribution < 1.29 is 4.39 Å². The summed E-state index contributed by atoms with van der Waals surface area (Å²) >= 11 is 0. The van der Waals surface area contributed by atoms with Gasteiger partial charge in [-0.2, -0.15) is 0 Å². The van der Waals surface area contributed by atoms with Gasteiger partial charge in [-0.05, 0) is 48.2 Å². The first-order valence-corrected chi connectivity index (χ1v) is 6.52. The Morgan fingerprint density at radius 3 is 2.89 bits per heavy atom. The normalized spacial score (nSPS) is 13.7. The molecule has 1 heterocycles. The van der Waals surface area contributed by atoms with E-state index in [9.17, 15) is 4.39 Å². The minimum Gasteiger partial charge on any atom is -0.397 e. The zero-order chi connectivity index (χ0) is 13.4. The van der Waals surface area contributed by atoms with Crippen LogP contribution >= 0.6 is 0 Å². The summed E-state index contributed by atoms with van der Waals surface area (Å²) in [5, 5.41) is 0. The van der Waals surface area contributed by atoms with Crippen LogP contribution in [0.3, 0.4) is 0 Å². The van der Waals surface area contributed by atoms with Crippen LogP contribution in [0.15, 0.2) is 36.4 Å². The Hall–Kier alpha value is -2.03. The first kappa shape index (κ1) is 12.0. The van der Waals surface area contributed by atoms with Crippen LogP contribution in [0.4, 0.5) is 15.8 Å². The smallest absolute Gasteiger partial charge is 0.123 e. The summed E-state index contributed by atoms with van der Waals surface area (Å²) in [6.45, 7) is 3.71. The molecule has 2 aromatic carbocycles. The molecular weight excluding hydrogens is 239 g/mol. The van der Waals surface area contributed by atoms with E-state index in [0.717, 1.165) is 42.0 Å². The molecule has 0 aromatic heterocycles. The highest BCUT2D eigenvalue weighted by Crippen LogP contribution is 2.34. The first-order valence-electron chi connectivity index (χ1n) is 6.52. The van der Waals surface area contributed by atoms with Gasteiger partial charge in [-0.25, -0.2) is 4.39 Å². The molecule has 0 saturated carbocycles. The van der Waals surface area contributed by atoms with Crippen molar-refractivity contribution in [3.63, 3.8) is 0 Å². The molecule has 0 aliphatic carbocycles. The SMILES string of the molecule is Cc1cc(F)ccc1CN1CCc2cccc(N)c21. The molecule has 0 bridgehead atoms. The second-order valence-corrected chi connectivity index (χ2v) is 5.10. The third-order valence-corrected chi connectivity index (χ3v) is 3.78. The Labute approximate surface area is 112 Å². The predicted molar refractivity (Wildman–Crippen MR) is 76.7 cm³/mol. The largest absolute Gasteiger partial charge is 0.397 e. The standard InChI is InChI=1S/C16H17FN2/c1-11-9-14(17)6-5-13(11)10-19-8-7-12-3-2-4-15(18)16(12)19/h2-6,9H,7-8,10,18H2,1H3. The third-order valence-electron chi connectivity index (χ3n) is 3.78. The van der Waals surface area contributed by atoms with E-state index in [4.69, 9.17) is 5.73 Å². The number of hydrogen-bond acceptors (Lipinski definition) is 2. The topological polar surface area (TPSA) is 29.3 Å². The van der Waals surface area contributed by atoms with E-state index >= 15 is 0 Å². The quantitative estimate of drug-likeness (QED) is 0.835. The Kier molecular flexibility index (Phi) is 2.90. The first-order chi connectivity index (χ1) is 9.15. The van der Waals surface area contributed by atoms with E-state index in [-0.39, 0.29) is 5.82 Å². The fourth-order valence-corrected chi connectivity index (χ4v) is 2.77. The summed E-state index contributed by atoms with van der Waals surface area (Å²) in [4.78, 5) is 2.28. The molecule has 3 rings (SSSR count). The zero-order valence-corrected chi connectivity index (χ0v) is 11.0. The summed E-state index contributed by atoms with van der Waals surface area (Å²) in [5.74, 6) is -0.178. The Morgan fingerprint density at radius 2 is 2.11 bits per heavy atom. The summed E-state index contributed by atoms with van der Waals surface area (Å²) in [7, 11) is 0. The highest BCUT2D eigenvalue weighted by atomic mass is 19.1. The van der Waals surface area contributed by atoms with Crippen LogP contribution in [-0.4, -0.2) is 6.54 Å². The molecule has 2 N–H and O–H groups in total. The number of nitrogen functional groups attached to an aromatic ring is 1. The number of nitrogens with zero attached hydrogens (tertiary/aromatic N) is 1. The van der Waals surface area contributed by atoms with Gasteiger partial charge < -0.3 is 10.6 Å². The number of hydrogen-bond donors (Lipinski definition) is 1. The number of rotatable bonds is 2. The van der Waals surface area contributed by atoms with Crippen molar-refractivity contribution in [3.05, 3.63) is 58.9 Å². The lowest BCUT2D eigenvalue weighted by atomic mass is 10.1. The van der Waals surface area contributed by atoms with Gasteiger partial charge in [0.25, 0.3) is 0 Å². The molecule has 2 nitrogen and oxygen atoms in total. The van der Waals surface area contributed by atoms with Gasteiger partial charge in [-0.15, -0.1) is 0 Å². The van der Waals surface area contributed by atoms with Crippen molar-refractivity contribution in [2.24, 2.45) is 0 Å². The van der Waals surface area contributed by atoms with Crippen molar-refractivity contribution in [1.29, 1.82) is 0 Å². The maximum Gasteiger partial charge on any atom is 0.123 e. The van der Waals surface area contributed by atoms with Gasteiger partial charge in [-0.3, -0.25) is 0 Å². The van der Waals surface area contributed by atoms with E-state index in [0.29, 0.717) is 0 Å². The van der Waals surface area contributed by atoms with Crippen LogP contribution in [0.1, 0.15) is 16.7 Å². The number of nitrogens with two attached hydrogens (primary N) is 1. The summed E-state index contributed by atoms with van der Waals surface area (Å²) < 4.78 is 13.1. The van der Waals surface area contributed by atoms with Crippen LogP contribution < -0.4 is 10.6 Å². The zero-order valence-electron chi connectivity index (χ0n) is 11.0.